The molecule has 1 amide bonds. The molecule has 0 bridgehead atoms. The Morgan fingerprint density at radius 3 is 2.94 bits per heavy atom. The van der Waals surface area contributed by atoms with Crippen molar-refractivity contribution < 1.29 is 14.3 Å². The van der Waals surface area contributed by atoms with Crippen LogP contribution in [-0.2, 0) is 9.47 Å². The van der Waals surface area contributed by atoms with E-state index in [0.29, 0.717) is 25.7 Å². The summed E-state index contributed by atoms with van der Waals surface area (Å²) in [6.07, 6.45) is -0.441. The Hall–Kier alpha value is -2.04. The first kappa shape index (κ1) is 11.4. The Kier molecular flexibility index (Phi) is 3.59. The van der Waals surface area contributed by atoms with Gasteiger partial charge in [-0.1, -0.05) is 18.2 Å². The largest absolute Gasteiger partial charge is 0.474 e. The number of hydrogen-bond acceptors (Lipinski definition) is 4. The summed E-state index contributed by atoms with van der Waals surface area (Å²) >= 11 is 0. The summed E-state index contributed by atoms with van der Waals surface area (Å²) in [6, 6.07) is 9.46. The fourth-order valence-corrected chi connectivity index (χ4v) is 1.47. The molecule has 0 spiro atoms. The third kappa shape index (κ3) is 2.75. The van der Waals surface area contributed by atoms with Crippen LogP contribution in [0.25, 0.3) is 0 Å². The minimum Gasteiger partial charge on any atom is -0.474 e. The summed E-state index contributed by atoms with van der Waals surface area (Å²) in [5, 5.41) is 5.41. The van der Waals surface area contributed by atoms with E-state index in [4.69, 9.17) is 9.47 Å². The third-order valence-corrected chi connectivity index (χ3v) is 2.25. The number of hydrogen-bond donors (Lipinski definition) is 0. The zero-order valence-corrected chi connectivity index (χ0v) is 9.63. The van der Waals surface area contributed by atoms with Gasteiger partial charge in [-0.05, 0) is 19.1 Å². The number of carbonyl (C=O) groups excluding carboxylic acids is 1. The van der Waals surface area contributed by atoms with E-state index in [1.54, 1.807) is 6.92 Å². The minimum atomic E-state index is -0.441. The van der Waals surface area contributed by atoms with E-state index < -0.39 is 6.09 Å². The van der Waals surface area contributed by atoms with Gasteiger partial charge in [0.15, 0.2) is 0 Å². The van der Waals surface area contributed by atoms with Crippen LogP contribution < -0.4 is 0 Å². The molecule has 1 aliphatic rings. The molecule has 0 saturated heterocycles. The van der Waals surface area contributed by atoms with Gasteiger partial charge in [-0.25, -0.2) is 4.79 Å². The maximum atomic E-state index is 11.5. The van der Waals surface area contributed by atoms with Gasteiger partial charge in [-0.3, -0.25) is 0 Å². The average Bonchev–Trinajstić information content (AvgIpc) is 2.40. The highest BCUT2D eigenvalue weighted by molar-refractivity contribution is 5.94. The van der Waals surface area contributed by atoms with Crippen molar-refractivity contribution in [3.05, 3.63) is 35.9 Å². The number of ether oxygens (including phenoxy) is 2. The summed E-state index contributed by atoms with van der Waals surface area (Å²) < 4.78 is 10.3. The highest BCUT2D eigenvalue weighted by Gasteiger charge is 2.20. The SMILES string of the molecule is CCOC(=O)N1CCOC(c2ccccc2)=N1. The number of carbonyl (C=O) groups is 1. The minimum absolute atomic E-state index is 0.340. The first-order valence-electron chi connectivity index (χ1n) is 5.52. The molecule has 1 aromatic carbocycles. The molecule has 2 rings (SSSR count). The van der Waals surface area contributed by atoms with Gasteiger partial charge >= 0.3 is 6.09 Å². The zero-order chi connectivity index (χ0) is 12.1. The number of amides is 1. The van der Waals surface area contributed by atoms with Crippen molar-refractivity contribution in [2.24, 2.45) is 5.10 Å². The number of benzene rings is 1. The van der Waals surface area contributed by atoms with E-state index in [2.05, 4.69) is 5.10 Å². The van der Waals surface area contributed by atoms with E-state index in [1.165, 1.54) is 5.01 Å². The van der Waals surface area contributed by atoms with Crippen molar-refractivity contribution in [2.75, 3.05) is 19.8 Å². The fraction of sp³-hybridized carbons (Fsp3) is 0.333. The molecular weight excluding hydrogens is 220 g/mol. The molecule has 1 heterocycles. The summed E-state index contributed by atoms with van der Waals surface area (Å²) in [4.78, 5) is 11.5. The van der Waals surface area contributed by atoms with Crippen LogP contribution in [-0.4, -0.2) is 36.8 Å². The van der Waals surface area contributed by atoms with Crippen molar-refractivity contribution >= 4 is 12.0 Å². The second kappa shape index (κ2) is 5.34. The summed E-state index contributed by atoms with van der Waals surface area (Å²) in [6.45, 7) is 2.94. The lowest BCUT2D eigenvalue weighted by atomic mass is 10.2. The smallest absolute Gasteiger partial charge is 0.430 e. The van der Waals surface area contributed by atoms with Crippen molar-refractivity contribution in [1.29, 1.82) is 0 Å². The Morgan fingerprint density at radius 1 is 1.47 bits per heavy atom. The molecule has 0 unspecified atom stereocenters. The van der Waals surface area contributed by atoms with Crippen molar-refractivity contribution in [3.8, 4) is 0 Å². The molecular formula is C12H14N2O3. The van der Waals surface area contributed by atoms with Gasteiger partial charge in [0.05, 0.1) is 13.2 Å². The predicted octanol–water partition coefficient (Wildman–Crippen LogP) is 1.84. The molecule has 0 radical (unpaired) electrons. The summed E-state index contributed by atoms with van der Waals surface area (Å²) in [7, 11) is 0. The fourth-order valence-electron chi connectivity index (χ4n) is 1.47. The molecule has 17 heavy (non-hydrogen) atoms. The quantitative estimate of drug-likeness (QED) is 0.784. The van der Waals surface area contributed by atoms with Gasteiger partial charge in [0.2, 0.25) is 5.90 Å². The average molecular weight is 234 g/mol. The normalized spacial score (nSPS) is 14.9. The van der Waals surface area contributed by atoms with Crippen LogP contribution >= 0.6 is 0 Å². The Balaban J connectivity index is 2.16. The van der Waals surface area contributed by atoms with E-state index in [9.17, 15) is 4.79 Å². The van der Waals surface area contributed by atoms with Gasteiger partial charge in [0.1, 0.15) is 6.61 Å². The van der Waals surface area contributed by atoms with Crippen molar-refractivity contribution in [3.63, 3.8) is 0 Å². The van der Waals surface area contributed by atoms with Gasteiger partial charge in [0.25, 0.3) is 0 Å². The number of hydrazone groups is 1. The monoisotopic (exact) mass is 234 g/mol. The number of rotatable bonds is 2. The van der Waals surface area contributed by atoms with Crippen molar-refractivity contribution in [2.45, 2.75) is 6.92 Å². The number of nitrogens with zero attached hydrogens (tertiary/aromatic N) is 2. The lowest BCUT2D eigenvalue weighted by Gasteiger charge is -2.23. The van der Waals surface area contributed by atoms with Crippen molar-refractivity contribution in [1.82, 2.24) is 5.01 Å². The molecule has 0 N–H and O–H groups in total. The van der Waals surface area contributed by atoms with Crippen LogP contribution in [0.4, 0.5) is 4.79 Å². The highest BCUT2D eigenvalue weighted by Crippen LogP contribution is 2.09. The van der Waals surface area contributed by atoms with E-state index in [-0.39, 0.29) is 0 Å². The van der Waals surface area contributed by atoms with E-state index >= 15 is 0 Å². The van der Waals surface area contributed by atoms with E-state index in [1.807, 2.05) is 30.3 Å². The first-order chi connectivity index (χ1) is 8.31. The Bertz CT molecular complexity index is 417. The molecule has 0 saturated carbocycles. The maximum absolute atomic E-state index is 11.5. The van der Waals surface area contributed by atoms with Gasteiger partial charge < -0.3 is 9.47 Å². The molecule has 0 atom stereocenters. The molecule has 5 nitrogen and oxygen atoms in total. The second-order valence-corrected chi connectivity index (χ2v) is 3.44. The van der Waals surface area contributed by atoms with Crippen LogP contribution in [0.2, 0.25) is 0 Å². The van der Waals surface area contributed by atoms with Gasteiger partial charge in [-0.2, -0.15) is 5.01 Å². The maximum Gasteiger partial charge on any atom is 0.430 e. The van der Waals surface area contributed by atoms with Crippen LogP contribution in [0, 0.1) is 0 Å². The van der Waals surface area contributed by atoms with Crippen LogP contribution in [0.1, 0.15) is 12.5 Å². The summed E-state index contributed by atoms with van der Waals surface area (Å²) in [5.74, 6) is 0.449. The third-order valence-electron chi connectivity index (χ3n) is 2.25. The molecule has 0 aromatic heterocycles. The zero-order valence-electron chi connectivity index (χ0n) is 9.63. The Morgan fingerprint density at radius 2 is 2.24 bits per heavy atom. The lowest BCUT2D eigenvalue weighted by Crippen LogP contribution is -2.36. The first-order valence-corrected chi connectivity index (χ1v) is 5.52. The molecule has 0 aliphatic carbocycles. The predicted molar refractivity (Wildman–Crippen MR) is 62.7 cm³/mol. The standard InChI is InChI=1S/C12H14N2O3/c1-2-16-12(15)14-8-9-17-11(13-14)10-6-4-3-5-7-10/h3-7H,2,8-9H2,1H3. The molecule has 0 fully saturated rings. The molecule has 1 aliphatic heterocycles. The molecule has 1 aromatic rings. The molecule has 5 heteroatoms. The highest BCUT2D eigenvalue weighted by atomic mass is 16.6. The van der Waals surface area contributed by atoms with Crippen LogP contribution in [0.15, 0.2) is 35.4 Å². The van der Waals surface area contributed by atoms with Gasteiger partial charge in [0, 0.05) is 5.56 Å². The lowest BCUT2D eigenvalue weighted by molar-refractivity contribution is 0.0905. The van der Waals surface area contributed by atoms with Crippen LogP contribution in [0.3, 0.4) is 0 Å². The van der Waals surface area contributed by atoms with Gasteiger partial charge in [-0.15, -0.1) is 5.10 Å². The van der Waals surface area contributed by atoms with E-state index in [0.717, 1.165) is 5.56 Å². The Labute approximate surface area is 99.6 Å². The second-order valence-electron chi connectivity index (χ2n) is 3.44. The summed E-state index contributed by atoms with van der Waals surface area (Å²) in [5.41, 5.74) is 0.849. The van der Waals surface area contributed by atoms with Crippen LogP contribution in [0.5, 0.6) is 0 Å². The molecule has 90 valence electrons. The topological polar surface area (TPSA) is 51.1 Å².